The normalized spacial score (nSPS) is 34.0. The molecule has 5 atom stereocenters. The van der Waals surface area contributed by atoms with Crippen molar-refractivity contribution in [2.24, 2.45) is 23.2 Å². The predicted molar refractivity (Wildman–Crippen MR) is 97.8 cm³/mol. The number of esters is 2. The molecule has 0 spiro atoms. The number of allylic oxidation sites excluding steroid dienone is 1. The van der Waals surface area contributed by atoms with Crippen molar-refractivity contribution in [3.63, 3.8) is 0 Å². The van der Waals surface area contributed by atoms with Gasteiger partial charge < -0.3 is 9.47 Å². The number of carbonyl (C=O) groups excluding carboxylic acids is 2. The quantitative estimate of drug-likeness (QED) is 0.428. The zero-order chi connectivity index (χ0) is 18.8. The van der Waals surface area contributed by atoms with Crippen LogP contribution in [-0.2, 0) is 19.1 Å². The second kappa shape index (κ2) is 7.76. The summed E-state index contributed by atoms with van der Waals surface area (Å²) in [5.74, 6) is 0.0922. The third-order valence-electron chi connectivity index (χ3n) is 6.59. The molecule has 0 heterocycles. The molecule has 5 unspecified atom stereocenters. The summed E-state index contributed by atoms with van der Waals surface area (Å²) in [5.41, 5.74) is 1.84. The van der Waals surface area contributed by atoms with Gasteiger partial charge in [0.25, 0.3) is 0 Å². The van der Waals surface area contributed by atoms with Crippen LogP contribution in [0.4, 0.5) is 0 Å². The lowest BCUT2D eigenvalue weighted by Gasteiger charge is -2.51. The summed E-state index contributed by atoms with van der Waals surface area (Å²) in [5, 5.41) is 0. The van der Waals surface area contributed by atoms with Crippen molar-refractivity contribution in [3.05, 3.63) is 23.8 Å². The molecule has 2 fully saturated rings. The van der Waals surface area contributed by atoms with Crippen molar-refractivity contribution in [3.8, 4) is 0 Å². The first-order valence-electron chi connectivity index (χ1n) is 9.34. The fourth-order valence-corrected chi connectivity index (χ4v) is 4.47. The fourth-order valence-electron chi connectivity index (χ4n) is 4.47. The molecule has 4 nitrogen and oxygen atoms in total. The highest BCUT2D eigenvalue weighted by atomic mass is 16.5. The Hall–Kier alpha value is -1.58. The summed E-state index contributed by atoms with van der Waals surface area (Å²) in [7, 11) is 1.45. The Bertz CT molecular complexity index is 576. The number of carbonyl (C=O) groups is 2. The molecule has 0 N–H and O–H groups in total. The second-order valence-corrected chi connectivity index (χ2v) is 8.03. The SMILES string of the molecule is C=C1C(OC(=O)C(C)=CC)CCC2(C)CCC(C(C)C(=O)OC)CC12. The third-order valence-corrected chi connectivity index (χ3v) is 6.59. The number of fused-ring (bicyclic) bond motifs is 1. The maximum atomic E-state index is 12.1. The predicted octanol–water partition coefficient (Wildman–Crippen LogP) is 4.45. The monoisotopic (exact) mass is 348 g/mol. The number of hydrogen-bond donors (Lipinski definition) is 0. The summed E-state index contributed by atoms with van der Waals surface area (Å²) >= 11 is 0. The molecule has 2 rings (SSSR count). The number of methoxy groups -OCH3 is 1. The van der Waals surface area contributed by atoms with Crippen molar-refractivity contribution in [2.45, 2.75) is 65.9 Å². The van der Waals surface area contributed by atoms with Crippen molar-refractivity contribution >= 4 is 11.9 Å². The van der Waals surface area contributed by atoms with Crippen molar-refractivity contribution in [2.75, 3.05) is 7.11 Å². The first-order chi connectivity index (χ1) is 11.7. The van der Waals surface area contributed by atoms with Crippen molar-refractivity contribution < 1.29 is 19.1 Å². The molecular weight excluding hydrogens is 316 g/mol. The van der Waals surface area contributed by atoms with Crippen LogP contribution >= 0.6 is 0 Å². The Kier molecular flexibility index (Phi) is 6.12. The van der Waals surface area contributed by atoms with Crippen molar-refractivity contribution in [1.82, 2.24) is 0 Å². The highest BCUT2D eigenvalue weighted by molar-refractivity contribution is 5.87. The first kappa shape index (κ1) is 19.7. The molecule has 2 aliphatic rings. The molecule has 2 saturated carbocycles. The van der Waals surface area contributed by atoms with Crippen molar-refractivity contribution in [1.29, 1.82) is 0 Å². The van der Waals surface area contributed by atoms with E-state index in [0.29, 0.717) is 11.5 Å². The van der Waals surface area contributed by atoms with Gasteiger partial charge in [-0.05, 0) is 68.8 Å². The highest BCUT2D eigenvalue weighted by Crippen LogP contribution is 2.55. The molecule has 0 aromatic carbocycles. The first-order valence-corrected chi connectivity index (χ1v) is 9.34. The van der Waals surface area contributed by atoms with E-state index in [4.69, 9.17) is 9.47 Å². The van der Waals surface area contributed by atoms with Gasteiger partial charge >= 0.3 is 11.9 Å². The van der Waals surface area contributed by atoms with Crippen LogP contribution in [0.2, 0.25) is 0 Å². The van der Waals surface area contributed by atoms with Crippen LogP contribution < -0.4 is 0 Å². The van der Waals surface area contributed by atoms with E-state index in [1.165, 1.54) is 7.11 Å². The van der Waals surface area contributed by atoms with Crippen LogP contribution in [0.5, 0.6) is 0 Å². The van der Waals surface area contributed by atoms with E-state index in [2.05, 4.69) is 13.5 Å². The van der Waals surface area contributed by atoms with E-state index < -0.39 is 0 Å². The zero-order valence-corrected chi connectivity index (χ0v) is 16.3. The van der Waals surface area contributed by atoms with Crippen LogP contribution in [0.1, 0.15) is 59.8 Å². The fraction of sp³-hybridized carbons (Fsp3) is 0.714. The summed E-state index contributed by atoms with van der Waals surface area (Å²) in [6.45, 7) is 12.2. The molecule has 0 aromatic heterocycles. The Morgan fingerprint density at radius 3 is 2.56 bits per heavy atom. The summed E-state index contributed by atoms with van der Waals surface area (Å²) in [6.07, 6.45) is 6.46. The van der Waals surface area contributed by atoms with E-state index >= 15 is 0 Å². The van der Waals surface area contributed by atoms with Gasteiger partial charge in [-0.1, -0.05) is 26.5 Å². The Balaban J connectivity index is 2.12. The van der Waals surface area contributed by atoms with E-state index in [-0.39, 0.29) is 35.3 Å². The van der Waals surface area contributed by atoms with E-state index in [0.717, 1.165) is 37.7 Å². The van der Waals surface area contributed by atoms with Crippen LogP contribution in [0.15, 0.2) is 23.8 Å². The van der Waals surface area contributed by atoms with E-state index in [9.17, 15) is 9.59 Å². The highest BCUT2D eigenvalue weighted by Gasteiger charge is 2.48. The van der Waals surface area contributed by atoms with E-state index in [1.807, 2.05) is 13.8 Å². The molecule has 0 aromatic rings. The molecule has 25 heavy (non-hydrogen) atoms. The van der Waals surface area contributed by atoms with Gasteiger partial charge in [0.15, 0.2) is 0 Å². The van der Waals surface area contributed by atoms with Gasteiger partial charge in [-0.3, -0.25) is 4.79 Å². The largest absolute Gasteiger partial charge is 0.469 e. The van der Waals surface area contributed by atoms with Crippen LogP contribution in [0, 0.1) is 23.2 Å². The standard InChI is InChI=1S/C21H32O4/c1-7-13(2)19(22)25-18-9-11-21(5)10-8-16(12-17(21)15(18)4)14(3)20(23)24-6/h7,14,16-18H,4,8-12H2,1-3,5-6H3. The molecular formula is C21H32O4. The number of ether oxygens (including phenoxy) is 2. The molecule has 0 aliphatic heterocycles. The summed E-state index contributed by atoms with van der Waals surface area (Å²) in [6, 6.07) is 0. The Morgan fingerprint density at radius 1 is 1.32 bits per heavy atom. The molecule has 0 bridgehead atoms. The second-order valence-electron chi connectivity index (χ2n) is 8.03. The molecule has 0 amide bonds. The van der Waals surface area contributed by atoms with Gasteiger partial charge in [0, 0.05) is 5.57 Å². The lowest BCUT2D eigenvalue weighted by molar-refractivity contribution is -0.148. The van der Waals surface area contributed by atoms with Gasteiger partial charge in [0.2, 0.25) is 0 Å². The van der Waals surface area contributed by atoms with Gasteiger partial charge in [-0.15, -0.1) is 0 Å². The number of hydrogen-bond acceptors (Lipinski definition) is 4. The average molecular weight is 348 g/mol. The number of rotatable bonds is 4. The van der Waals surface area contributed by atoms with Crippen LogP contribution in [-0.4, -0.2) is 25.2 Å². The molecule has 140 valence electrons. The van der Waals surface area contributed by atoms with Gasteiger partial charge in [-0.25, -0.2) is 4.79 Å². The molecule has 0 radical (unpaired) electrons. The smallest absolute Gasteiger partial charge is 0.333 e. The van der Waals surface area contributed by atoms with Gasteiger partial charge in [0.05, 0.1) is 13.0 Å². The Labute approximate surface area is 151 Å². The van der Waals surface area contributed by atoms with Gasteiger partial charge in [0.1, 0.15) is 6.10 Å². The third kappa shape index (κ3) is 3.99. The maximum Gasteiger partial charge on any atom is 0.333 e. The zero-order valence-electron chi connectivity index (χ0n) is 16.3. The van der Waals surface area contributed by atoms with E-state index in [1.54, 1.807) is 13.0 Å². The minimum Gasteiger partial charge on any atom is -0.469 e. The molecule has 4 heteroatoms. The lowest BCUT2D eigenvalue weighted by atomic mass is 9.55. The Morgan fingerprint density at radius 2 is 1.96 bits per heavy atom. The topological polar surface area (TPSA) is 52.6 Å². The minimum absolute atomic E-state index is 0.101. The van der Waals surface area contributed by atoms with Crippen LogP contribution in [0.25, 0.3) is 0 Å². The molecule has 0 saturated heterocycles. The lowest BCUT2D eigenvalue weighted by Crippen LogP contribution is -2.45. The van der Waals surface area contributed by atoms with Crippen LogP contribution in [0.3, 0.4) is 0 Å². The average Bonchev–Trinajstić information content (AvgIpc) is 2.61. The summed E-state index contributed by atoms with van der Waals surface area (Å²) < 4.78 is 10.6. The minimum atomic E-state index is -0.257. The maximum absolute atomic E-state index is 12.1. The summed E-state index contributed by atoms with van der Waals surface area (Å²) in [4.78, 5) is 24.1. The van der Waals surface area contributed by atoms with Gasteiger partial charge in [-0.2, -0.15) is 0 Å². The molecule has 2 aliphatic carbocycles.